The molecule has 0 bridgehead atoms. The van der Waals surface area contributed by atoms with Crippen molar-refractivity contribution in [2.45, 2.75) is 19.8 Å². The Kier molecular flexibility index (Phi) is 6.28. The molecule has 7 heteroatoms. The van der Waals surface area contributed by atoms with Gasteiger partial charge in [-0.3, -0.25) is 9.69 Å². The van der Waals surface area contributed by atoms with E-state index in [1.54, 1.807) is 6.07 Å². The molecule has 0 atom stereocenters. The number of aromatic nitrogens is 1. The lowest BCUT2D eigenvalue weighted by atomic mass is 9.79. The number of amides is 1. The predicted molar refractivity (Wildman–Crippen MR) is 109 cm³/mol. The lowest BCUT2D eigenvalue weighted by molar-refractivity contribution is -0.0283. The zero-order valence-electron chi connectivity index (χ0n) is 17.0. The molecule has 1 aromatic heterocycles. The van der Waals surface area contributed by atoms with Gasteiger partial charge in [0.05, 0.1) is 13.2 Å². The van der Waals surface area contributed by atoms with Gasteiger partial charge in [0.25, 0.3) is 5.91 Å². The fourth-order valence-electron chi connectivity index (χ4n) is 4.02. The first-order chi connectivity index (χ1) is 14.1. The maximum Gasteiger partial charge on any atom is 0.273 e. The van der Waals surface area contributed by atoms with Crippen LogP contribution in [0.5, 0.6) is 0 Å². The lowest BCUT2D eigenvalue weighted by Gasteiger charge is -2.42. The Morgan fingerprint density at radius 1 is 1.10 bits per heavy atom. The van der Waals surface area contributed by atoms with E-state index >= 15 is 0 Å². The summed E-state index contributed by atoms with van der Waals surface area (Å²) < 4.78 is 16.4. The topological polar surface area (TPSA) is 76.8 Å². The van der Waals surface area contributed by atoms with E-state index in [9.17, 15) is 4.79 Å². The zero-order valence-corrected chi connectivity index (χ0v) is 17.0. The molecular formula is C22H29N3O4. The number of ether oxygens (including phenoxy) is 2. The predicted octanol–water partition coefficient (Wildman–Crippen LogP) is 2.51. The molecule has 1 amide bonds. The highest BCUT2D eigenvalue weighted by molar-refractivity contribution is 5.93. The van der Waals surface area contributed by atoms with Gasteiger partial charge in [0.2, 0.25) is 0 Å². The summed E-state index contributed by atoms with van der Waals surface area (Å²) in [5.41, 5.74) is 2.42. The minimum atomic E-state index is -0.194. The van der Waals surface area contributed by atoms with Crippen LogP contribution in [0.3, 0.4) is 0 Å². The molecule has 3 heterocycles. The van der Waals surface area contributed by atoms with Gasteiger partial charge in [0.1, 0.15) is 0 Å². The Labute approximate surface area is 171 Å². The van der Waals surface area contributed by atoms with Gasteiger partial charge in [-0.1, -0.05) is 35.0 Å². The molecule has 0 spiro atoms. The van der Waals surface area contributed by atoms with Crippen LogP contribution in [0.25, 0.3) is 11.3 Å². The summed E-state index contributed by atoms with van der Waals surface area (Å²) >= 11 is 0. The van der Waals surface area contributed by atoms with E-state index in [2.05, 4.69) is 15.4 Å². The maximum absolute atomic E-state index is 12.7. The summed E-state index contributed by atoms with van der Waals surface area (Å²) in [5.74, 6) is 0.407. The Morgan fingerprint density at radius 2 is 1.79 bits per heavy atom. The van der Waals surface area contributed by atoms with Crippen LogP contribution in [-0.4, -0.2) is 68.6 Å². The third kappa shape index (κ3) is 5.04. The third-order valence-corrected chi connectivity index (χ3v) is 5.92. The maximum atomic E-state index is 12.7. The van der Waals surface area contributed by atoms with Crippen molar-refractivity contribution in [3.63, 3.8) is 0 Å². The minimum Gasteiger partial charge on any atom is -0.381 e. The van der Waals surface area contributed by atoms with E-state index in [0.29, 0.717) is 18.0 Å². The van der Waals surface area contributed by atoms with Gasteiger partial charge in [-0.2, -0.15) is 0 Å². The van der Waals surface area contributed by atoms with E-state index < -0.39 is 0 Å². The average Bonchev–Trinajstić information content (AvgIpc) is 3.24. The number of morpholine rings is 1. The van der Waals surface area contributed by atoms with Crippen LogP contribution in [0.15, 0.2) is 34.9 Å². The molecule has 2 fully saturated rings. The smallest absolute Gasteiger partial charge is 0.273 e. The molecule has 2 saturated heterocycles. The van der Waals surface area contributed by atoms with Crippen molar-refractivity contribution in [2.75, 3.05) is 52.6 Å². The second-order valence-corrected chi connectivity index (χ2v) is 8.13. The Hall–Kier alpha value is -2.22. The lowest BCUT2D eigenvalue weighted by Crippen LogP contribution is -2.50. The Bertz CT molecular complexity index is 806. The number of carbonyl (C=O) groups is 1. The summed E-state index contributed by atoms with van der Waals surface area (Å²) in [6.45, 7) is 8.51. The van der Waals surface area contributed by atoms with Crippen molar-refractivity contribution in [1.29, 1.82) is 0 Å². The molecule has 0 saturated carbocycles. The fraction of sp³-hybridized carbons (Fsp3) is 0.545. The van der Waals surface area contributed by atoms with Crippen LogP contribution in [0.1, 0.15) is 28.9 Å². The molecule has 1 N–H and O–H groups in total. The van der Waals surface area contributed by atoms with Gasteiger partial charge in [-0.15, -0.1) is 0 Å². The van der Waals surface area contributed by atoms with Crippen LogP contribution < -0.4 is 5.32 Å². The highest BCUT2D eigenvalue weighted by Gasteiger charge is 2.35. The molecule has 156 valence electrons. The molecule has 4 rings (SSSR count). The standard InChI is InChI=1S/C22H29N3O4/c1-17-2-4-18(5-3-17)20-14-19(24-29-20)21(26)23-15-22(6-10-27-11-7-22)16-25-8-12-28-13-9-25/h2-5,14H,6-13,15-16H2,1H3,(H,23,26). The average molecular weight is 399 g/mol. The SMILES string of the molecule is Cc1ccc(-c2cc(C(=O)NCC3(CN4CCOCC4)CCOCC3)no2)cc1. The first kappa shape index (κ1) is 20.1. The van der Waals surface area contributed by atoms with Gasteiger partial charge in [-0.05, 0) is 19.8 Å². The summed E-state index contributed by atoms with van der Waals surface area (Å²) in [6.07, 6.45) is 1.89. The molecule has 0 radical (unpaired) electrons. The van der Waals surface area contributed by atoms with Crippen LogP contribution in [0, 0.1) is 12.3 Å². The number of rotatable bonds is 6. The van der Waals surface area contributed by atoms with Gasteiger partial charge in [0.15, 0.2) is 11.5 Å². The van der Waals surface area contributed by atoms with Gasteiger partial charge >= 0.3 is 0 Å². The number of carbonyl (C=O) groups excluding carboxylic acids is 1. The van der Waals surface area contributed by atoms with Gasteiger partial charge < -0.3 is 19.3 Å². The zero-order chi connectivity index (χ0) is 20.1. The molecule has 0 unspecified atom stereocenters. The van der Waals surface area contributed by atoms with Crippen LogP contribution in [0.4, 0.5) is 0 Å². The Morgan fingerprint density at radius 3 is 2.52 bits per heavy atom. The summed E-state index contributed by atoms with van der Waals surface area (Å²) in [7, 11) is 0. The van der Waals surface area contributed by atoms with Crippen LogP contribution in [0.2, 0.25) is 0 Å². The van der Waals surface area contributed by atoms with Crippen molar-refractivity contribution >= 4 is 5.91 Å². The second kappa shape index (κ2) is 9.07. The van der Waals surface area contributed by atoms with Crippen molar-refractivity contribution in [3.8, 4) is 11.3 Å². The number of nitrogens with zero attached hydrogens (tertiary/aromatic N) is 2. The van der Waals surface area contributed by atoms with Crippen molar-refractivity contribution in [2.24, 2.45) is 5.41 Å². The monoisotopic (exact) mass is 399 g/mol. The molecular weight excluding hydrogens is 370 g/mol. The van der Waals surface area contributed by atoms with E-state index in [-0.39, 0.29) is 11.3 Å². The van der Waals surface area contributed by atoms with E-state index in [1.165, 1.54) is 5.56 Å². The number of hydrogen-bond donors (Lipinski definition) is 1. The van der Waals surface area contributed by atoms with Crippen molar-refractivity contribution < 1.29 is 18.8 Å². The summed E-state index contributed by atoms with van der Waals surface area (Å²) in [6, 6.07) is 9.67. The number of aryl methyl sites for hydroxylation is 1. The van der Waals surface area contributed by atoms with E-state index in [0.717, 1.165) is 64.5 Å². The van der Waals surface area contributed by atoms with Crippen LogP contribution >= 0.6 is 0 Å². The van der Waals surface area contributed by atoms with Crippen LogP contribution in [-0.2, 0) is 9.47 Å². The fourth-order valence-corrected chi connectivity index (χ4v) is 4.02. The molecule has 2 aromatic rings. The van der Waals surface area contributed by atoms with E-state index in [1.807, 2.05) is 31.2 Å². The van der Waals surface area contributed by atoms with Gasteiger partial charge in [0, 0.05) is 56.4 Å². The van der Waals surface area contributed by atoms with E-state index in [4.69, 9.17) is 14.0 Å². The van der Waals surface area contributed by atoms with Crippen molar-refractivity contribution in [3.05, 3.63) is 41.6 Å². The largest absolute Gasteiger partial charge is 0.381 e. The van der Waals surface area contributed by atoms with Crippen molar-refractivity contribution in [1.82, 2.24) is 15.4 Å². The van der Waals surface area contributed by atoms with Gasteiger partial charge in [-0.25, -0.2) is 0 Å². The highest BCUT2D eigenvalue weighted by Crippen LogP contribution is 2.31. The molecule has 2 aliphatic rings. The Balaban J connectivity index is 1.39. The minimum absolute atomic E-state index is 0.0226. The first-order valence-corrected chi connectivity index (χ1v) is 10.3. The summed E-state index contributed by atoms with van der Waals surface area (Å²) in [5, 5.41) is 7.08. The normalized spacial score (nSPS) is 19.8. The molecule has 7 nitrogen and oxygen atoms in total. The highest BCUT2D eigenvalue weighted by atomic mass is 16.5. The second-order valence-electron chi connectivity index (χ2n) is 8.13. The molecule has 2 aliphatic heterocycles. The number of hydrogen-bond acceptors (Lipinski definition) is 6. The number of nitrogens with one attached hydrogen (secondary N) is 1. The first-order valence-electron chi connectivity index (χ1n) is 10.3. The number of benzene rings is 1. The molecule has 29 heavy (non-hydrogen) atoms. The molecule has 0 aliphatic carbocycles. The summed E-state index contributed by atoms with van der Waals surface area (Å²) in [4.78, 5) is 15.2. The molecule has 1 aromatic carbocycles. The quantitative estimate of drug-likeness (QED) is 0.804. The third-order valence-electron chi connectivity index (χ3n) is 5.92.